The van der Waals surface area contributed by atoms with Crippen molar-refractivity contribution in [3.63, 3.8) is 0 Å². The molecule has 3 rings (SSSR count). The van der Waals surface area contributed by atoms with Crippen molar-refractivity contribution >= 4 is 23.0 Å². The Bertz CT molecular complexity index is 877. The van der Waals surface area contributed by atoms with Gasteiger partial charge in [-0.3, -0.25) is 9.36 Å². The molecule has 9 heteroatoms. The number of esters is 1. The molecule has 3 atom stereocenters. The number of terminal acetylenes is 1. The summed E-state index contributed by atoms with van der Waals surface area (Å²) < 4.78 is 26.7. The van der Waals surface area contributed by atoms with Crippen LogP contribution in [0.2, 0.25) is 0 Å². The van der Waals surface area contributed by atoms with E-state index in [9.17, 15) is 9.18 Å². The molecule has 1 aliphatic heterocycles. The molecule has 1 aliphatic rings. The minimum atomic E-state index is -1.07. The van der Waals surface area contributed by atoms with Crippen LogP contribution >= 0.6 is 0 Å². The van der Waals surface area contributed by atoms with Crippen LogP contribution in [0.15, 0.2) is 6.33 Å². The van der Waals surface area contributed by atoms with Crippen LogP contribution in [-0.2, 0) is 14.3 Å². The summed E-state index contributed by atoms with van der Waals surface area (Å²) in [4.78, 5) is 23.3. The molecule has 2 aromatic heterocycles. The molecular formula is C17H20FN5O3. The van der Waals surface area contributed by atoms with Gasteiger partial charge in [-0.05, 0) is 12.8 Å². The molecule has 1 saturated heterocycles. The molecule has 0 aliphatic carbocycles. The van der Waals surface area contributed by atoms with E-state index >= 15 is 0 Å². The molecule has 8 nitrogen and oxygen atoms in total. The van der Waals surface area contributed by atoms with Crippen LogP contribution in [0.1, 0.15) is 45.8 Å². The number of hydrogen-bond acceptors (Lipinski definition) is 7. The number of imidazole rings is 1. The molecule has 0 aromatic carbocycles. The van der Waals surface area contributed by atoms with E-state index < -0.39 is 24.0 Å². The topological polar surface area (TPSA) is 105 Å². The van der Waals surface area contributed by atoms with E-state index in [1.54, 1.807) is 0 Å². The zero-order chi connectivity index (χ0) is 18.9. The van der Waals surface area contributed by atoms with E-state index in [4.69, 9.17) is 21.6 Å². The molecule has 0 radical (unpaired) electrons. The molecule has 2 N–H and O–H groups in total. The van der Waals surface area contributed by atoms with Gasteiger partial charge in [-0.1, -0.05) is 19.8 Å². The van der Waals surface area contributed by atoms with Gasteiger partial charge in [0.1, 0.15) is 12.3 Å². The van der Waals surface area contributed by atoms with Crippen LogP contribution in [0.25, 0.3) is 11.2 Å². The first-order valence-electron chi connectivity index (χ1n) is 8.44. The van der Waals surface area contributed by atoms with Crippen molar-refractivity contribution in [2.75, 3.05) is 5.73 Å². The fourth-order valence-electron chi connectivity index (χ4n) is 3.14. The lowest BCUT2D eigenvalue weighted by Gasteiger charge is -2.27. The molecule has 0 spiro atoms. The molecule has 138 valence electrons. The van der Waals surface area contributed by atoms with Crippen LogP contribution in [0.4, 0.5) is 10.2 Å². The second-order valence-corrected chi connectivity index (χ2v) is 6.13. The lowest BCUT2D eigenvalue weighted by atomic mass is 9.94. The number of fused-ring (bicyclic) bond motifs is 1. The molecule has 0 bridgehead atoms. The Morgan fingerprint density at radius 3 is 3.00 bits per heavy atom. The minimum absolute atomic E-state index is 0.0612. The molecule has 2 aromatic rings. The average Bonchev–Trinajstić information content (AvgIpc) is 3.17. The monoisotopic (exact) mass is 361 g/mol. The maximum atomic E-state index is 13.6. The zero-order valence-corrected chi connectivity index (χ0v) is 14.6. The molecular weight excluding hydrogens is 341 g/mol. The Hall–Kier alpha value is -2.73. The number of anilines is 1. The molecule has 0 unspecified atom stereocenters. The number of rotatable bonds is 5. The minimum Gasteiger partial charge on any atom is -0.458 e. The van der Waals surface area contributed by atoms with E-state index in [1.807, 2.05) is 13.8 Å². The van der Waals surface area contributed by atoms with Crippen molar-refractivity contribution in [1.29, 1.82) is 0 Å². The van der Waals surface area contributed by atoms with Crippen molar-refractivity contribution in [2.24, 2.45) is 0 Å². The third-order valence-electron chi connectivity index (χ3n) is 4.51. The Balaban J connectivity index is 1.95. The Morgan fingerprint density at radius 2 is 2.35 bits per heavy atom. The number of nitrogens with zero attached hydrogens (tertiary/aromatic N) is 4. The molecule has 26 heavy (non-hydrogen) atoms. The van der Waals surface area contributed by atoms with Gasteiger partial charge in [0.25, 0.3) is 0 Å². The molecule has 0 saturated carbocycles. The SMILES string of the molecule is C#C[C@]1(CC)O[C@@H](n2cnc3c(N)nc(F)nc32)C[C@@H]1OC(=O)CCC. The fraction of sp³-hybridized carbons (Fsp3) is 0.529. The van der Waals surface area contributed by atoms with Crippen molar-refractivity contribution < 1.29 is 18.7 Å². The maximum Gasteiger partial charge on any atom is 0.312 e. The van der Waals surface area contributed by atoms with Gasteiger partial charge < -0.3 is 15.2 Å². The number of carbonyl (C=O) groups excluding carboxylic acids is 1. The quantitative estimate of drug-likeness (QED) is 0.493. The average molecular weight is 361 g/mol. The van der Waals surface area contributed by atoms with E-state index in [2.05, 4.69) is 20.9 Å². The molecule has 1 fully saturated rings. The standard InChI is InChI=1S/C17H20FN5O3/c1-4-7-12(24)25-10-8-11(26-17(10,5-2)6-3)23-9-20-13-14(19)21-16(18)22-15(13)23/h2,9-11H,4,6-8H2,1,3H3,(H2,19,21,22)/t10-,11+,17+/m0/s1. The van der Waals surface area contributed by atoms with Gasteiger partial charge in [0.05, 0.1) is 6.33 Å². The van der Waals surface area contributed by atoms with E-state index in [0.717, 1.165) is 0 Å². The summed E-state index contributed by atoms with van der Waals surface area (Å²) in [6.07, 6.45) is 6.65. The van der Waals surface area contributed by atoms with Crippen LogP contribution in [0, 0.1) is 18.4 Å². The van der Waals surface area contributed by atoms with Crippen molar-refractivity contribution in [1.82, 2.24) is 19.5 Å². The Labute approximate surface area is 149 Å². The van der Waals surface area contributed by atoms with Gasteiger partial charge in [0.15, 0.2) is 22.6 Å². The van der Waals surface area contributed by atoms with Gasteiger partial charge in [-0.15, -0.1) is 6.42 Å². The van der Waals surface area contributed by atoms with Gasteiger partial charge >= 0.3 is 12.0 Å². The summed E-state index contributed by atoms with van der Waals surface area (Å²) in [5, 5.41) is 0. The fourth-order valence-corrected chi connectivity index (χ4v) is 3.14. The first-order chi connectivity index (χ1) is 12.4. The number of carbonyl (C=O) groups is 1. The van der Waals surface area contributed by atoms with Gasteiger partial charge in [0, 0.05) is 12.8 Å². The smallest absolute Gasteiger partial charge is 0.312 e. The first-order valence-corrected chi connectivity index (χ1v) is 8.44. The number of aromatic nitrogens is 4. The lowest BCUT2D eigenvalue weighted by Crippen LogP contribution is -2.40. The van der Waals surface area contributed by atoms with E-state index in [-0.39, 0.29) is 23.0 Å². The van der Waals surface area contributed by atoms with Crippen molar-refractivity contribution in [2.45, 2.75) is 57.5 Å². The highest BCUT2D eigenvalue weighted by atomic mass is 19.1. The molecule has 3 heterocycles. The maximum absolute atomic E-state index is 13.6. The summed E-state index contributed by atoms with van der Waals surface area (Å²) >= 11 is 0. The van der Waals surface area contributed by atoms with Crippen molar-refractivity contribution in [3.05, 3.63) is 12.4 Å². The summed E-state index contributed by atoms with van der Waals surface area (Å²) in [5.74, 6) is 2.23. The highest BCUT2D eigenvalue weighted by Gasteiger charge is 2.50. The summed E-state index contributed by atoms with van der Waals surface area (Å²) in [5.41, 5.74) is 5.09. The lowest BCUT2D eigenvalue weighted by molar-refractivity contribution is -0.156. The number of nitrogen functional groups attached to an aromatic ring is 1. The van der Waals surface area contributed by atoms with E-state index in [1.165, 1.54) is 10.9 Å². The van der Waals surface area contributed by atoms with Gasteiger partial charge in [0.2, 0.25) is 0 Å². The summed E-state index contributed by atoms with van der Waals surface area (Å²) in [6.45, 7) is 3.74. The highest BCUT2D eigenvalue weighted by molar-refractivity contribution is 5.81. The Kier molecular flexibility index (Phi) is 4.78. The number of halogens is 1. The van der Waals surface area contributed by atoms with E-state index in [0.29, 0.717) is 25.7 Å². The normalized spacial score (nSPS) is 25.3. The van der Waals surface area contributed by atoms with Crippen LogP contribution in [0.5, 0.6) is 0 Å². The second kappa shape index (κ2) is 6.88. The van der Waals surface area contributed by atoms with Crippen molar-refractivity contribution in [3.8, 4) is 12.3 Å². The number of nitrogens with two attached hydrogens (primary N) is 1. The largest absolute Gasteiger partial charge is 0.458 e. The third-order valence-corrected chi connectivity index (χ3v) is 4.51. The van der Waals surface area contributed by atoms with Gasteiger partial charge in [-0.2, -0.15) is 14.4 Å². The summed E-state index contributed by atoms with van der Waals surface area (Å²) in [7, 11) is 0. The van der Waals surface area contributed by atoms with Crippen LogP contribution < -0.4 is 5.73 Å². The summed E-state index contributed by atoms with van der Waals surface area (Å²) in [6, 6.07) is 0. The number of ether oxygens (including phenoxy) is 2. The number of hydrogen-bond donors (Lipinski definition) is 1. The zero-order valence-electron chi connectivity index (χ0n) is 14.6. The third kappa shape index (κ3) is 2.97. The Morgan fingerprint density at radius 1 is 1.58 bits per heavy atom. The van der Waals surface area contributed by atoms with Crippen LogP contribution in [-0.4, -0.2) is 37.2 Å². The second-order valence-electron chi connectivity index (χ2n) is 6.13. The predicted molar refractivity (Wildman–Crippen MR) is 91.1 cm³/mol. The first kappa shape index (κ1) is 18.1. The van der Waals surface area contributed by atoms with Crippen LogP contribution in [0.3, 0.4) is 0 Å². The predicted octanol–water partition coefficient (Wildman–Crippen LogP) is 1.96. The van der Waals surface area contributed by atoms with Gasteiger partial charge in [-0.25, -0.2) is 4.98 Å². The highest BCUT2D eigenvalue weighted by Crippen LogP contribution is 2.41. The molecule has 0 amide bonds.